The van der Waals surface area contributed by atoms with Crippen molar-refractivity contribution in [1.29, 1.82) is 0 Å². The summed E-state index contributed by atoms with van der Waals surface area (Å²) in [5.74, 6) is 0.433. The van der Waals surface area contributed by atoms with Gasteiger partial charge in [-0.2, -0.15) is 5.10 Å². The van der Waals surface area contributed by atoms with E-state index < -0.39 is 0 Å². The first-order chi connectivity index (χ1) is 10.2. The first kappa shape index (κ1) is 14.2. The van der Waals surface area contributed by atoms with E-state index in [1.54, 1.807) is 12.1 Å². The van der Waals surface area contributed by atoms with Gasteiger partial charge in [-0.25, -0.2) is 4.39 Å². The van der Waals surface area contributed by atoms with Gasteiger partial charge in [0.2, 0.25) is 0 Å². The lowest BCUT2D eigenvalue weighted by Gasteiger charge is -2.13. The average Bonchev–Trinajstić information content (AvgIpc) is 3.11. The second kappa shape index (κ2) is 6.37. The van der Waals surface area contributed by atoms with Crippen molar-refractivity contribution in [3.63, 3.8) is 0 Å². The topological polar surface area (TPSA) is 47.1 Å². The molecule has 112 valence electrons. The Morgan fingerprint density at radius 1 is 1.19 bits per heavy atom. The maximum absolute atomic E-state index is 12.9. The summed E-state index contributed by atoms with van der Waals surface area (Å²) in [7, 11) is 0. The highest BCUT2D eigenvalue weighted by atomic mass is 19.1. The fourth-order valence-electron chi connectivity index (χ4n) is 2.86. The van der Waals surface area contributed by atoms with Crippen molar-refractivity contribution in [1.82, 2.24) is 14.7 Å². The summed E-state index contributed by atoms with van der Waals surface area (Å²) in [4.78, 5) is 2.43. The quantitative estimate of drug-likeness (QED) is 0.913. The van der Waals surface area contributed by atoms with E-state index in [0.717, 1.165) is 31.7 Å². The Bertz CT molecular complexity index is 578. The van der Waals surface area contributed by atoms with Crippen LogP contribution in [0.25, 0.3) is 0 Å². The standard InChI is InChI=1S/C16H21FN4/c17-16-3-1-13(2-4-16)11-21-12-15(8-19-21)10-20-6-5-14(7-18)9-20/h1-4,8,12,14H,5-7,9-11,18H2. The molecule has 0 radical (unpaired) electrons. The van der Waals surface area contributed by atoms with E-state index in [4.69, 9.17) is 5.73 Å². The van der Waals surface area contributed by atoms with Gasteiger partial charge in [0.05, 0.1) is 12.7 Å². The fraction of sp³-hybridized carbons (Fsp3) is 0.438. The number of hydrogen-bond acceptors (Lipinski definition) is 3. The molecule has 5 heteroatoms. The highest BCUT2D eigenvalue weighted by Gasteiger charge is 2.21. The van der Waals surface area contributed by atoms with Crippen LogP contribution in [0.3, 0.4) is 0 Å². The number of halogens is 1. The van der Waals surface area contributed by atoms with Crippen LogP contribution >= 0.6 is 0 Å². The van der Waals surface area contributed by atoms with Gasteiger partial charge >= 0.3 is 0 Å². The third kappa shape index (κ3) is 3.68. The molecule has 0 bridgehead atoms. The Kier molecular flexibility index (Phi) is 4.31. The van der Waals surface area contributed by atoms with E-state index in [2.05, 4.69) is 16.2 Å². The fourth-order valence-corrected chi connectivity index (χ4v) is 2.86. The van der Waals surface area contributed by atoms with Gasteiger partial charge < -0.3 is 5.73 Å². The number of nitrogens with zero attached hydrogens (tertiary/aromatic N) is 3. The van der Waals surface area contributed by atoms with Crippen LogP contribution in [0.1, 0.15) is 17.5 Å². The smallest absolute Gasteiger partial charge is 0.123 e. The number of benzene rings is 1. The average molecular weight is 288 g/mol. The molecule has 2 N–H and O–H groups in total. The molecule has 1 fully saturated rings. The summed E-state index contributed by atoms with van der Waals surface area (Å²) in [5, 5.41) is 4.39. The van der Waals surface area contributed by atoms with Crippen molar-refractivity contribution < 1.29 is 4.39 Å². The molecule has 0 spiro atoms. The summed E-state index contributed by atoms with van der Waals surface area (Å²) in [6, 6.07) is 6.56. The van der Waals surface area contributed by atoms with Crippen LogP contribution in [0.2, 0.25) is 0 Å². The SMILES string of the molecule is NCC1CCN(Cc2cnn(Cc3ccc(F)cc3)c2)C1. The molecule has 4 nitrogen and oxygen atoms in total. The predicted molar refractivity (Wildman–Crippen MR) is 80.2 cm³/mol. The molecule has 1 saturated heterocycles. The van der Waals surface area contributed by atoms with E-state index in [1.807, 2.05) is 10.9 Å². The van der Waals surface area contributed by atoms with Gasteiger partial charge in [-0.15, -0.1) is 0 Å². The van der Waals surface area contributed by atoms with Gasteiger partial charge in [0.1, 0.15) is 5.82 Å². The van der Waals surface area contributed by atoms with Gasteiger partial charge in [0, 0.05) is 24.8 Å². The molecule has 1 unspecified atom stereocenters. The van der Waals surface area contributed by atoms with Crippen LogP contribution in [0.4, 0.5) is 4.39 Å². The van der Waals surface area contributed by atoms with Crippen molar-refractivity contribution in [2.45, 2.75) is 19.5 Å². The van der Waals surface area contributed by atoms with E-state index in [-0.39, 0.29) is 5.82 Å². The number of hydrogen-bond donors (Lipinski definition) is 1. The highest BCUT2D eigenvalue weighted by Crippen LogP contribution is 2.17. The first-order valence-corrected chi connectivity index (χ1v) is 7.41. The molecular weight excluding hydrogens is 267 g/mol. The molecule has 0 amide bonds. The second-order valence-corrected chi connectivity index (χ2v) is 5.80. The number of nitrogens with two attached hydrogens (primary N) is 1. The minimum absolute atomic E-state index is 0.205. The lowest BCUT2D eigenvalue weighted by Crippen LogP contribution is -2.22. The van der Waals surface area contributed by atoms with Crippen molar-refractivity contribution in [2.24, 2.45) is 11.7 Å². The summed E-state index contributed by atoms with van der Waals surface area (Å²) in [5.41, 5.74) is 7.99. The second-order valence-electron chi connectivity index (χ2n) is 5.80. The van der Waals surface area contributed by atoms with Crippen LogP contribution in [-0.2, 0) is 13.1 Å². The third-order valence-electron chi connectivity index (χ3n) is 4.05. The Labute approximate surface area is 124 Å². The normalized spacial score (nSPS) is 19.2. The molecule has 1 aromatic carbocycles. The molecule has 1 aromatic heterocycles. The van der Waals surface area contributed by atoms with Gasteiger partial charge in [0.25, 0.3) is 0 Å². The Morgan fingerprint density at radius 3 is 2.71 bits per heavy atom. The van der Waals surface area contributed by atoms with Crippen LogP contribution < -0.4 is 5.73 Å². The molecular formula is C16H21FN4. The maximum atomic E-state index is 12.9. The summed E-state index contributed by atoms with van der Waals surface area (Å²) >= 11 is 0. The largest absolute Gasteiger partial charge is 0.330 e. The zero-order valence-electron chi connectivity index (χ0n) is 12.1. The van der Waals surface area contributed by atoms with Crippen LogP contribution in [-0.4, -0.2) is 34.3 Å². The van der Waals surface area contributed by atoms with Gasteiger partial charge in [-0.1, -0.05) is 12.1 Å². The van der Waals surface area contributed by atoms with Gasteiger partial charge in [-0.05, 0) is 43.1 Å². The molecule has 21 heavy (non-hydrogen) atoms. The van der Waals surface area contributed by atoms with Crippen molar-refractivity contribution in [3.8, 4) is 0 Å². The molecule has 1 atom stereocenters. The molecule has 0 aliphatic carbocycles. The first-order valence-electron chi connectivity index (χ1n) is 7.41. The minimum Gasteiger partial charge on any atom is -0.330 e. The van der Waals surface area contributed by atoms with Gasteiger partial charge in [-0.3, -0.25) is 9.58 Å². The predicted octanol–water partition coefficient (Wildman–Crippen LogP) is 1.85. The van der Waals surface area contributed by atoms with Crippen molar-refractivity contribution in [3.05, 3.63) is 53.6 Å². The minimum atomic E-state index is -0.205. The Balaban J connectivity index is 1.57. The van der Waals surface area contributed by atoms with Crippen molar-refractivity contribution >= 4 is 0 Å². The summed E-state index contributed by atoms with van der Waals surface area (Å²) in [6.45, 7) is 4.58. The third-order valence-corrected chi connectivity index (χ3v) is 4.05. The molecule has 2 heterocycles. The van der Waals surface area contributed by atoms with E-state index >= 15 is 0 Å². The van der Waals surface area contributed by atoms with Gasteiger partial charge in [0.15, 0.2) is 0 Å². The lowest BCUT2D eigenvalue weighted by molar-refractivity contribution is 0.318. The van der Waals surface area contributed by atoms with Crippen LogP contribution in [0.5, 0.6) is 0 Å². The number of rotatable bonds is 5. The number of likely N-dealkylation sites (tertiary alicyclic amines) is 1. The van der Waals surface area contributed by atoms with E-state index in [1.165, 1.54) is 24.1 Å². The van der Waals surface area contributed by atoms with E-state index in [9.17, 15) is 4.39 Å². The van der Waals surface area contributed by atoms with E-state index in [0.29, 0.717) is 12.5 Å². The van der Waals surface area contributed by atoms with Crippen LogP contribution in [0.15, 0.2) is 36.7 Å². The monoisotopic (exact) mass is 288 g/mol. The Morgan fingerprint density at radius 2 is 2.00 bits per heavy atom. The molecule has 3 rings (SSSR count). The maximum Gasteiger partial charge on any atom is 0.123 e. The molecule has 1 aliphatic heterocycles. The lowest BCUT2D eigenvalue weighted by atomic mass is 10.1. The highest BCUT2D eigenvalue weighted by molar-refractivity contribution is 5.16. The number of aromatic nitrogens is 2. The summed E-state index contributed by atoms with van der Waals surface area (Å²) < 4.78 is 14.8. The molecule has 1 aliphatic rings. The summed E-state index contributed by atoms with van der Waals surface area (Å²) in [6.07, 6.45) is 5.18. The molecule has 2 aromatic rings. The Hall–Kier alpha value is -1.72. The zero-order valence-corrected chi connectivity index (χ0v) is 12.1. The zero-order chi connectivity index (χ0) is 14.7. The molecule has 0 saturated carbocycles. The van der Waals surface area contributed by atoms with Crippen molar-refractivity contribution in [2.75, 3.05) is 19.6 Å². The van der Waals surface area contributed by atoms with Crippen LogP contribution in [0, 0.1) is 11.7 Å².